The number of carbonyl (C=O) groups excluding carboxylic acids is 1. The Morgan fingerprint density at radius 3 is 2.19 bits per heavy atom. The van der Waals surface area contributed by atoms with Crippen LogP contribution < -0.4 is 5.32 Å². The summed E-state index contributed by atoms with van der Waals surface area (Å²) in [5.41, 5.74) is 2.08. The normalized spacial score (nSPS) is 20.0. The lowest BCUT2D eigenvalue weighted by Gasteiger charge is -2.08. The van der Waals surface area contributed by atoms with Gasteiger partial charge in [-0.25, -0.2) is 0 Å². The van der Waals surface area contributed by atoms with Crippen molar-refractivity contribution in [1.29, 1.82) is 0 Å². The third-order valence-electron chi connectivity index (χ3n) is 4.69. The smallest absolute Gasteiger partial charge is 0.220 e. The van der Waals surface area contributed by atoms with Gasteiger partial charge in [0.25, 0.3) is 0 Å². The van der Waals surface area contributed by atoms with Gasteiger partial charge in [0.15, 0.2) is 0 Å². The molecule has 1 amide bonds. The van der Waals surface area contributed by atoms with Crippen LogP contribution >= 0.6 is 11.6 Å². The van der Waals surface area contributed by atoms with Gasteiger partial charge >= 0.3 is 0 Å². The van der Waals surface area contributed by atoms with Crippen molar-refractivity contribution in [3.63, 3.8) is 0 Å². The third-order valence-corrected chi connectivity index (χ3v) is 4.95. The molecule has 0 atom stereocenters. The minimum absolute atomic E-state index is 0.154. The van der Waals surface area contributed by atoms with E-state index in [4.69, 9.17) is 16.4 Å². The maximum Gasteiger partial charge on any atom is 0.220 e. The molecule has 0 bridgehead atoms. The van der Waals surface area contributed by atoms with E-state index >= 15 is 0 Å². The van der Waals surface area contributed by atoms with E-state index in [1.54, 1.807) is 0 Å². The summed E-state index contributed by atoms with van der Waals surface area (Å²) in [5.74, 6) is 0.154. The fourth-order valence-corrected chi connectivity index (χ4v) is 3.23. The Bertz CT molecular complexity index is 558. The van der Waals surface area contributed by atoms with Gasteiger partial charge in [0, 0.05) is 24.4 Å². The minimum Gasteiger partial charge on any atom is -0.391 e. The molecule has 5 heteroatoms. The lowest BCUT2D eigenvalue weighted by molar-refractivity contribution is -0.121. The van der Waals surface area contributed by atoms with Crippen molar-refractivity contribution >= 4 is 23.2 Å². The molecule has 1 aliphatic heterocycles. The van der Waals surface area contributed by atoms with Crippen LogP contribution in [0.3, 0.4) is 0 Å². The van der Waals surface area contributed by atoms with E-state index in [2.05, 4.69) is 10.5 Å². The Labute approximate surface area is 162 Å². The lowest BCUT2D eigenvalue weighted by atomic mass is 10.0. The van der Waals surface area contributed by atoms with Crippen LogP contribution in [0.5, 0.6) is 0 Å². The van der Waals surface area contributed by atoms with Crippen LogP contribution in [-0.4, -0.2) is 18.2 Å². The van der Waals surface area contributed by atoms with Crippen LogP contribution in [-0.2, 0) is 16.2 Å². The number of nitrogens with zero attached hydrogens (tertiary/aromatic N) is 1. The Morgan fingerprint density at radius 1 is 0.885 bits per heavy atom. The number of benzene rings is 1. The Kier molecular flexibility index (Phi) is 10.2. The predicted octanol–water partition coefficient (Wildman–Crippen LogP) is 5.63. The Morgan fingerprint density at radius 2 is 1.50 bits per heavy atom. The van der Waals surface area contributed by atoms with Crippen molar-refractivity contribution in [2.24, 2.45) is 5.16 Å². The zero-order valence-electron chi connectivity index (χ0n) is 15.6. The SMILES string of the molecule is O=C1CCCCCCCCCC/C(=N/OCc2ccc(Cl)cc2)CCN1. The number of carbonyl (C=O) groups is 1. The topological polar surface area (TPSA) is 50.7 Å². The molecular weight excluding hydrogens is 348 g/mol. The summed E-state index contributed by atoms with van der Waals surface area (Å²) in [6.07, 6.45) is 12.0. The molecule has 0 saturated carbocycles. The molecule has 1 aromatic carbocycles. The van der Waals surface area contributed by atoms with Crippen LogP contribution in [0, 0.1) is 0 Å². The molecule has 0 aromatic heterocycles. The number of rotatable bonds is 3. The Balaban J connectivity index is 1.83. The molecule has 26 heavy (non-hydrogen) atoms. The fourth-order valence-electron chi connectivity index (χ4n) is 3.10. The highest BCUT2D eigenvalue weighted by Crippen LogP contribution is 2.13. The molecule has 0 radical (unpaired) electrons. The highest BCUT2D eigenvalue weighted by Gasteiger charge is 2.06. The summed E-state index contributed by atoms with van der Waals surface area (Å²) in [5, 5.41) is 8.07. The molecule has 0 unspecified atom stereocenters. The molecule has 1 N–H and O–H groups in total. The molecule has 1 saturated heterocycles. The average Bonchev–Trinajstić information content (AvgIpc) is 2.64. The summed E-state index contributed by atoms with van der Waals surface area (Å²) in [6, 6.07) is 7.60. The van der Waals surface area contributed by atoms with Gasteiger partial charge in [-0.2, -0.15) is 0 Å². The van der Waals surface area contributed by atoms with Crippen LogP contribution in [0.15, 0.2) is 29.4 Å². The van der Waals surface area contributed by atoms with E-state index in [0.29, 0.717) is 19.6 Å². The summed E-state index contributed by atoms with van der Waals surface area (Å²) < 4.78 is 0. The van der Waals surface area contributed by atoms with Gasteiger partial charge in [0.2, 0.25) is 5.91 Å². The summed E-state index contributed by atoms with van der Waals surface area (Å²) in [7, 11) is 0. The first-order valence-corrected chi connectivity index (χ1v) is 10.3. The van der Waals surface area contributed by atoms with Crippen molar-refractivity contribution in [3.8, 4) is 0 Å². The quantitative estimate of drug-likeness (QED) is 0.692. The number of nitrogens with one attached hydrogen (secondary N) is 1. The number of amides is 1. The highest BCUT2D eigenvalue weighted by molar-refractivity contribution is 6.30. The van der Waals surface area contributed by atoms with Crippen LogP contribution in [0.4, 0.5) is 0 Å². The maximum absolute atomic E-state index is 11.9. The first-order valence-electron chi connectivity index (χ1n) is 9.93. The molecule has 144 valence electrons. The van der Waals surface area contributed by atoms with Crippen LogP contribution in [0.25, 0.3) is 0 Å². The van der Waals surface area contributed by atoms with Crippen molar-refractivity contribution < 1.29 is 9.63 Å². The Hall–Kier alpha value is -1.55. The predicted molar refractivity (Wildman–Crippen MR) is 107 cm³/mol. The molecule has 0 aliphatic carbocycles. The second-order valence-corrected chi connectivity index (χ2v) is 7.42. The van der Waals surface area contributed by atoms with Crippen LogP contribution in [0.2, 0.25) is 5.02 Å². The molecule has 1 fully saturated rings. The highest BCUT2D eigenvalue weighted by atomic mass is 35.5. The van der Waals surface area contributed by atoms with E-state index in [1.807, 2.05) is 24.3 Å². The number of oxime groups is 1. The van der Waals surface area contributed by atoms with E-state index in [0.717, 1.165) is 42.0 Å². The average molecular weight is 379 g/mol. The molecule has 1 heterocycles. The number of hydrogen-bond acceptors (Lipinski definition) is 3. The van der Waals surface area contributed by atoms with E-state index in [-0.39, 0.29) is 5.91 Å². The summed E-state index contributed by atoms with van der Waals surface area (Å²) in [4.78, 5) is 17.4. The first-order chi connectivity index (χ1) is 12.7. The van der Waals surface area contributed by atoms with Crippen molar-refractivity contribution in [2.75, 3.05) is 6.54 Å². The maximum atomic E-state index is 11.9. The minimum atomic E-state index is 0.154. The van der Waals surface area contributed by atoms with E-state index in [1.165, 1.54) is 38.5 Å². The van der Waals surface area contributed by atoms with Gasteiger partial charge < -0.3 is 10.2 Å². The van der Waals surface area contributed by atoms with E-state index < -0.39 is 0 Å². The monoisotopic (exact) mass is 378 g/mol. The molecule has 0 spiro atoms. The molecule has 2 rings (SSSR count). The third kappa shape index (κ3) is 9.23. The van der Waals surface area contributed by atoms with Gasteiger partial charge in [0.05, 0.1) is 5.71 Å². The molecule has 1 aromatic rings. The van der Waals surface area contributed by atoms with Crippen LogP contribution in [0.1, 0.15) is 76.2 Å². The number of halogens is 1. The van der Waals surface area contributed by atoms with Crippen molar-refractivity contribution in [1.82, 2.24) is 5.32 Å². The molecule has 1 aliphatic rings. The van der Waals surface area contributed by atoms with E-state index in [9.17, 15) is 4.79 Å². The van der Waals surface area contributed by atoms with Gasteiger partial charge in [-0.15, -0.1) is 0 Å². The fraction of sp³-hybridized carbons (Fsp3) is 0.619. The molecular formula is C21H31ClN2O2. The van der Waals surface area contributed by atoms with Gasteiger partial charge in [-0.05, 0) is 37.0 Å². The second-order valence-electron chi connectivity index (χ2n) is 6.99. The van der Waals surface area contributed by atoms with Gasteiger partial charge in [-0.3, -0.25) is 4.79 Å². The van der Waals surface area contributed by atoms with Crippen molar-refractivity contribution in [2.45, 2.75) is 77.2 Å². The molecule has 4 nitrogen and oxygen atoms in total. The largest absolute Gasteiger partial charge is 0.391 e. The lowest BCUT2D eigenvalue weighted by Crippen LogP contribution is -2.25. The first kappa shape index (κ1) is 20.8. The zero-order valence-corrected chi connectivity index (χ0v) is 16.4. The zero-order chi connectivity index (χ0) is 18.5. The van der Waals surface area contributed by atoms with Crippen molar-refractivity contribution in [3.05, 3.63) is 34.9 Å². The van der Waals surface area contributed by atoms with Gasteiger partial charge in [-0.1, -0.05) is 67.4 Å². The summed E-state index contributed by atoms with van der Waals surface area (Å²) in [6.45, 7) is 1.08. The standard InChI is InChI=1S/C21H31ClN2O2/c22-19-13-11-18(12-14-19)17-26-24-20-9-7-5-3-1-2-4-6-8-10-21(25)23-16-15-20/h11-14H,1-10,15-17H2,(H,23,25)/b24-20-. The van der Waals surface area contributed by atoms with Gasteiger partial charge in [0.1, 0.15) is 6.61 Å². The summed E-state index contributed by atoms with van der Waals surface area (Å²) >= 11 is 5.90. The second kappa shape index (κ2) is 12.7. The number of hydrogen-bond donors (Lipinski definition) is 1.